The van der Waals surface area contributed by atoms with Gasteiger partial charge in [0.1, 0.15) is 18.4 Å². The molecule has 0 amide bonds. The number of aliphatic carboxylic acids is 1. The Kier molecular flexibility index (Phi) is 5.80. The van der Waals surface area contributed by atoms with E-state index in [1.165, 1.54) is 32.4 Å². The van der Waals surface area contributed by atoms with E-state index < -0.39 is 12.0 Å². The highest BCUT2D eigenvalue weighted by atomic mass is 32.2. The van der Waals surface area contributed by atoms with Crippen molar-refractivity contribution in [3.63, 3.8) is 0 Å². The molecule has 0 aliphatic carbocycles. The van der Waals surface area contributed by atoms with Crippen molar-refractivity contribution in [1.82, 2.24) is 10.2 Å². The van der Waals surface area contributed by atoms with Gasteiger partial charge in [0.15, 0.2) is 0 Å². The maximum Gasteiger partial charge on any atom is 0.321 e. The summed E-state index contributed by atoms with van der Waals surface area (Å²) in [5.74, 6) is 0.704. The smallest absolute Gasteiger partial charge is 0.321 e. The van der Waals surface area contributed by atoms with Crippen LogP contribution in [0.3, 0.4) is 0 Å². The molecule has 1 aromatic rings. The van der Waals surface area contributed by atoms with Crippen LogP contribution in [0.25, 0.3) is 0 Å². The minimum absolute atomic E-state index is 0.0542. The molecular formula is C17H24N2O3S. The SMILES string of the molecule is O=C(O)C1CSC(c2ccc(OCCN3CCCCC3)cc2)N1. The lowest BCUT2D eigenvalue weighted by Crippen LogP contribution is -2.33. The predicted molar refractivity (Wildman–Crippen MR) is 92.0 cm³/mol. The zero-order valence-corrected chi connectivity index (χ0v) is 14.1. The second-order valence-electron chi connectivity index (χ2n) is 6.09. The van der Waals surface area contributed by atoms with Gasteiger partial charge in [0.2, 0.25) is 0 Å². The number of benzene rings is 1. The summed E-state index contributed by atoms with van der Waals surface area (Å²) < 4.78 is 5.82. The molecule has 1 aromatic carbocycles. The van der Waals surface area contributed by atoms with Gasteiger partial charge in [-0.25, -0.2) is 0 Å². The number of nitrogens with zero attached hydrogens (tertiary/aromatic N) is 1. The molecule has 2 unspecified atom stereocenters. The van der Waals surface area contributed by atoms with Gasteiger partial charge in [-0.2, -0.15) is 0 Å². The van der Waals surface area contributed by atoms with Gasteiger partial charge in [-0.1, -0.05) is 18.6 Å². The third kappa shape index (κ3) is 4.62. The summed E-state index contributed by atoms with van der Waals surface area (Å²) >= 11 is 1.63. The number of carboxylic acids is 1. The quantitative estimate of drug-likeness (QED) is 0.831. The Hall–Kier alpha value is -1.24. The fraction of sp³-hybridized carbons (Fsp3) is 0.588. The molecule has 2 N–H and O–H groups in total. The molecular weight excluding hydrogens is 312 g/mol. The van der Waals surface area contributed by atoms with Crippen LogP contribution in [0.15, 0.2) is 24.3 Å². The summed E-state index contributed by atoms with van der Waals surface area (Å²) in [6, 6.07) is 7.53. The van der Waals surface area contributed by atoms with Crippen LogP contribution in [-0.4, -0.2) is 54.0 Å². The molecule has 0 aromatic heterocycles. The first-order chi connectivity index (χ1) is 11.2. The number of rotatable bonds is 6. The lowest BCUT2D eigenvalue weighted by atomic mass is 10.1. The van der Waals surface area contributed by atoms with Gasteiger partial charge in [0.25, 0.3) is 0 Å². The maximum absolute atomic E-state index is 11.0. The van der Waals surface area contributed by atoms with Gasteiger partial charge in [-0.05, 0) is 43.6 Å². The number of likely N-dealkylation sites (tertiary alicyclic amines) is 1. The highest BCUT2D eigenvalue weighted by molar-refractivity contribution is 7.99. The molecule has 0 radical (unpaired) electrons. The van der Waals surface area contributed by atoms with E-state index in [9.17, 15) is 4.79 Å². The zero-order chi connectivity index (χ0) is 16.1. The molecule has 126 valence electrons. The van der Waals surface area contributed by atoms with Crippen molar-refractivity contribution >= 4 is 17.7 Å². The Balaban J connectivity index is 1.44. The molecule has 0 bridgehead atoms. The highest BCUT2D eigenvalue weighted by Gasteiger charge is 2.30. The lowest BCUT2D eigenvalue weighted by molar-refractivity contribution is -0.138. The van der Waals surface area contributed by atoms with Gasteiger partial charge in [-0.15, -0.1) is 11.8 Å². The summed E-state index contributed by atoms with van der Waals surface area (Å²) in [5.41, 5.74) is 1.10. The Labute approximate surface area is 141 Å². The Morgan fingerprint density at radius 3 is 2.65 bits per heavy atom. The summed E-state index contributed by atoms with van der Waals surface area (Å²) in [6.07, 6.45) is 3.96. The van der Waals surface area contributed by atoms with E-state index >= 15 is 0 Å². The molecule has 2 aliphatic rings. The van der Waals surface area contributed by atoms with Crippen LogP contribution in [0.4, 0.5) is 0 Å². The first-order valence-corrected chi connectivity index (χ1v) is 9.33. The van der Waals surface area contributed by atoms with Gasteiger partial charge in [-0.3, -0.25) is 15.0 Å². The van der Waals surface area contributed by atoms with Crippen molar-refractivity contribution in [1.29, 1.82) is 0 Å². The van der Waals surface area contributed by atoms with Crippen molar-refractivity contribution in [2.24, 2.45) is 0 Å². The second kappa shape index (κ2) is 8.04. The van der Waals surface area contributed by atoms with Crippen LogP contribution in [0.2, 0.25) is 0 Å². The van der Waals surface area contributed by atoms with Crippen molar-refractivity contribution in [2.45, 2.75) is 30.7 Å². The normalized spacial score (nSPS) is 25.4. The van der Waals surface area contributed by atoms with Crippen LogP contribution in [0.1, 0.15) is 30.2 Å². The van der Waals surface area contributed by atoms with Gasteiger partial charge >= 0.3 is 5.97 Å². The fourth-order valence-corrected chi connectivity index (χ4v) is 4.25. The Morgan fingerprint density at radius 2 is 2.00 bits per heavy atom. The van der Waals surface area contributed by atoms with Crippen molar-refractivity contribution in [3.8, 4) is 5.75 Å². The Morgan fingerprint density at radius 1 is 1.26 bits per heavy atom. The number of carbonyl (C=O) groups is 1. The average molecular weight is 336 g/mol. The van der Waals surface area contributed by atoms with E-state index in [1.807, 2.05) is 24.3 Å². The summed E-state index contributed by atoms with van der Waals surface area (Å²) in [6.45, 7) is 4.09. The van der Waals surface area contributed by atoms with E-state index in [0.29, 0.717) is 5.75 Å². The molecule has 3 rings (SSSR count). The third-order valence-electron chi connectivity index (χ3n) is 4.39. The molecule has 0 spiro atoms. The highest BCUT2D eigenvalue weighted by Crippen LogP contribution is 2.33. The van der Waals surface area contributed by atoms with Crippen molar-refractivity contribution < 1.29 is 14.6 Å². The van der Waals surface area contributed by atoms with Crippen LogP contribution < -0.4 is 10.1 Å². The van der Waals surface area contributed by atoms with Gasteiger partial charge in [0.05, 0.1) is 5.37 Å². The molecule has 23 heavy (non-hydrogen) atoms. The summed E-state index contributed by atoms with van der Waals surface area (Å²) in [5, 5.41) is 12.2. The number of hydrogen-bond donors (Lipinski definition) is 2. The minimum atomic E-state index is -0.780. The van der Waals surface area contributed by atoms with E-state index in [0.717, 1.165) is 24.5 Å². The number of thioether (sulfide) groups is 1. The van der Waals surface area contributed by atoms with Crippen LogP contribution in [-0.2, 0) is 4.79 Å². The monoisotopic (exact) mass is 336 g/mol. The number of nitrogens with one attached hydrogen (secondary N) is 1. The molecule has 2 atom stereocenters. The zero-order valence-electron chi connectivity index (χ0n) is 13.2. The lowest BCUT2D eigenvalue weighted by Gasteiger charge is -2.26. The third-order valence-corrected chi connectivity index (χ3v) is 5.66. The number of ether oxygens (including phenoxy) is 1. The number of piperidine rings is 1. The summed E-state index contributed by atoms with van der Waals surface area (Å²) in [4.78, 5) is 13.4. The van der Waals surface area contributed by atoms with Crippen molar-refractivity contribution in [2.75, 3.05) is 32.0 Å². The van der Waals surface area contributed by atoms with Crippen LogP contribution in [0, 0.1) is 0 Å². The first-order valence-electron chi connectivity index (χ1n) is 8.28. The Bertz CT molecular complexity index is 517. The second-order valence-corrected chi connectivity index (χ2v) is 7.23. The minimum Gasteiger partial charge on any atom is -0.492 e. The first kappa shape index (κ1) is 16.6. The van der Waals surface area contributed by atoms with Gasteiger partial charge in [0, 0.05) is 12.3 Å². The molecule has 2 saturated heterocycles. The molecule has 0 saturated carbocycles. The number of carboxylic acid groups (broad SMARTS) is 1. The fourth-order valence-electron chi connectivity index (χ4n) is 3.02. The van der Waals surface area contributed by atoms with E-state index in [-0.39, 0.29) is 5.37 Å². The molecule has 6 heteroatoms. The molecule has 2 fully saturated rings. The predicted octanol–water partition coefficient (Wildman–Crippen LogP) is 2.34. The van der Waals surface area contributed by atoms with Crippen molar-refractivity contribution in [3.05, 3.63) is 29.8 Å². The van der Waals surface area contributed by atoms with Gasteiger partial charge < -0.3 is 9.84 Å². The number of hydrogen-bond acceptors (Lipinski definition) is 5. The van der Waals surface area contributed by atoms with E-state index in [2.05, 4.69) is 10.2 Å². The van der Waals surface area contributed by atoms with Crippen LogP contribution in [0.5, 0.6) is 5.75 Å². The molecule has 2 aliphatic heterocycles. The average Bonchev–Trinajstić information content (AvgIpc) is 3.07. The summed E-state index contributed by atoms with van der Waals surface area (Å²) in [7, 11) is 0. The van der Waals surface area contributed by atoms with Crippen LogP contribution >= 0.6 is 11.8 Å². The molecule has 2 heterocycles. The maximum atomic E-state index is 11.0. The largest absolute Gasteiger partial charge is 0.492 e. The van der Waals surface area contributed by atoms with E-state index in [1.54, 1.807) is 11.8 Å². The standard InChI is InChI=1S/C17H24N2O3S/c20-17(21)15-12-23-16(18-15)13-4-6-14(7-5-13)22-11-10-19-8-2-1-3-9-19/h4-7,15-16,18H,1-3,8-12H2,(H,20,21). The van der Waals surface area contributed by atoms with E-state index in [4.69, 9.17) is 9.84 Å². The molecule has 5 nitrogen and oxygen atoms in total. The topological polar surface area (TPSA) is 61.8 Å².